The van der Waals surface area contributed by atoms with Gasteiger partial charge in [0, 0.05) is 17.4 Å². The van der Waals surface area contributed by atoms with Gasteiger partial charge in [0.15, 0.2) is 0 Å². The standard InChI is InChI=1S/C13H19NO3S/c1-3-17-13(15)9-18-8-11(14)10-6-4-5-7-12(10)16-2/h4-7,11H,3,8-9,14H2,1-2H3. The Morgan fingerprint density at radius 3 is 2.83 bits per heavy atom. The van der Waals surface area contributed by atoms with E-state index in [1.54, 1.807) is 14.0 Å². The van der Waals surface area contributed by atoms with Gasteiger partial charge < -0.3 is 15.2 Å². The van der Waals surface area contributed by atoms with Crippen LogP contribution in [-0.2, 0) is 9.53 Å². The number of rotatable bonds is 7. The fraction of sp³-hybridized carbons (Fsp3) is 0.462. The average molecular weight is 269 g/mol. The number of thioether (sulfide) groups is 1. The molecular formula is C13H19NO3S. The van der Waals surface area contributed by atoms with Crippen molar-refractivity contribution in [3.8, 4) is 5.75 Å². The summed E-state index contributed by atoms with van der Waals surface area (Å²) < 4.78 is 10.1. The minimum atomic E-state index is -0.199. The number of para-hydroxylation sites is 1. The van der Waals surface area contributed by atoms with E-state index in [1.165, 1.54) is 11.8 Å². The maximum absolute atomic E-state index is 11.2. The third-order valence-corrected chi connectivity index (χ3v) is 3.40. The molecule has 0 aliphatic carbocycles. The molecule has 0 fully saturated rings. The van der Waals surface area contributed by atoms with Crippen LogP contribution in [0.3, 0.4) is 0 Å². The van der Waals surface area contributed by atoms with Crippen molar-refractivity contribution in [2.75, 3.05) is 25.2 Å². The van der Waals surface area contributed by atoms with Crippen molar-refractivity contribution in [2.24, 2.45) is 5.73 Å². The summed E-state index contributed by atoms with van der Waals surface area (Å²) in [5.74, 6) is 1.56. The molecule has 1 rings (SSSR count). The zero-order valence-corrected chi connectivity index (χ0v) is 11.5. The number of methoxy groups -OCH3 is 1. The molecule has 0 aromatic heterocycles. The van der Waals surface area contributed by atoms with Crippen molar-refractivity contribution >= 4 is 17.7 Å². The lowest BCUT2D eigenvalue weighted by Gasteiger charge is -2.14. The van der Waals surface area contributed by atoms with Crippen LogP contribution in [0.25, 0.3) is 0 Å². The van der Waals surface area contributed by atoms with Crippen molar-refractivity contribution in [3.63, 3.8) is 0 Å². The summed E-state index contributed by atoms with van der Waals surface area (Å²) >= 11 is 1.47. The number of esters is 1. The Labute approximate surface area is 112 Å². The first-order chi connectivity index (χ1) is 8.69. The van der Waals surface area contributed by atoms with E-state index in [1.807, 2.05) is 24.3 Å². The van der Waals surface area contributed by atoms with Gasteiger partial charge in [-0.2, -0.15) is 0 Å². The van der Waals surface area contributed by atoms with Gasteiger partial charge in [-0.25, -0.2) is 0 Å². The zero-order chi connectivity index (χ0) is 13.4. The number of hydrogen-bond donors (Lipinski definition) is 1. The van der Waals surface area contributed by atoms with Gasteiger partial charge in [-0.3, -0.25) is 4.79 Å². The van der Waals surface area contributed by atoms with Crippen LogP contribution in [-0.4, -0.2) is 31.2 Å². The smallest absolute Gasteiger partial charge is 0.315 e. The fourth-order valence-electron chi connectivity index (χ4n) is 1.53. The van der Waals surface area contributed by atoms with E-state index in [2.05, 4.69) is 0 Å². The summed E-state index contributed by atoms with van der Waals surface area (Å²) in [5, 5.41) is 0. The molecule has 4 nitrogen and oxygen atoms in total. The monoisotopic (exact) mass is 269 g/mol. The topological polar surface area (TPSA) is 61.5 Å². The maximum Gasteiger partial charge on any atom is 0.315 e. The lowest BCUT2D eigenvalue weighted by atomic mass is 10.1. The zero-order valence-electron chi connectivity index (χ0n) is 10.7. The summed E-state index contributed by atoms with van der Waals surface area (Å²) in [4.78, 5) is 11.2. The minimum absolute atomic E-state index is 0.152. The van der Waals surface area contributed by atoms with Crippen molar-refractivity contribution in [3.05, 3.63) is 29.8 Å². The van der Waals surface area contributed by atoms with Crippen molar-refractivity contribution in [2.45, 2.75) is 13.0 Å². The molecule has 0 spiro atoms. The lowest BCUT2D eigenvalue weighted by molar-refractivity contribution is -0.139. The number of hydrogen-bond acceptors (Lipinski definition) is 5. The van der Waals surface area contributed by atoms with Gasteiger partial charge in [0.05, 0.1) is 19.5 Å². The molecule has 0 aliphatic heterocycles. The third-order valence-electron chi connectivity index (χ3n) is 2.36. The van der Waals surface area contributed by atoms with E-state index in [4.69, 9.17) is 15.2 Å². The third kappa shape index (κ3) is 4.58. The fourth-order valence-corrected chi connectivity index (χ4v) is 2.34. The molecule has 1 unspecified atom stereocenters. The Morgan fingerprint density at radius 2 is 2.17 bits per heavy atom. The van der Waals surface area contributed by atoms with Crippen LogP contribution in [0, 0.1) is 0 Å². The Hall–Kier alpha value is -1.20. The van der Waals surface area contributed by atoms with Crippen LogP contribution in [0.4, 0.5) is 0 Å². The van der Waals surface area contributed by atoms with Crippen LogP contribution in [0.1, 0.15) is 18.5 Å². The summed E-state index contributed by atoms with van der Waals surface area (Å²) in [5.41, 5.74) is 7.03. The highest BCUT2D eigenvalue weighted by Crippen LogP contribution is 2.25. The van der Waals surface area contributed by atoms with Crippen molar-refractivity contribution in [1.82, 2.24) is 0 Å². The first-order valence-electron chi connectivity index (χ1n) is 5.80. The van der Waals surface area contributed by atoms with E-state index in [-0.39, 0.29) is 12.0 Å². The van der Waals surface area contributed by atoms with Crippen LogP contribution in [0.5, 0.6) is 5.75 Å². The van der Waals surface area contributed by atoms with Gasteiger partial charge in [-0.15, -0.1) is 11.8 Å². The summed E-state index contributed by atoms with van der Waals surface area (Å²) in [6.45, 7) is 2.21. The molecule has 1 aromatic carbocycles. The molecule has 1 aromatic rings. The SMILES string of the molecule is CCOC(=O)CSCC(N)c1ccccc1OC. The molecule has 0 radical (unpaired) electrons. The average Bonchev–Trinajstić information content (AvgIpc) is 2.38. The highest BCUT2D eigenvalue weighted by Gasteiger charge is 2.12. The molecule has 5 heteroatoms. The predicted molar refractivity (Wildman–Crippen MR) is 73.9 cm³/mol. The van der Waals surface area contributed by atoms with Gasteiger partial charge in [0.25, 0.3) is 0 Å². The van der Waals surface area contributed by atoms with Crippen molar-refractivity contribution < 1.29 is 14.3 Å². The second-order valence-electron chi connectivity index (χ2n) is 3.67. The molecule has 0 bridgehead atoms. The van der Waals surface area contributed by atoms with Gasteiger partial charge >= 0.3 is 5.97 Å². The Kier molecular flexibility index (Phi) is 6.60. The van der Waals surface area contributed by atoms with E-state index >= 15 is 0 Å². The van der Waals surface area contributed by atoms with Crippen LogP contribution in [0.15, 0.2) is 24.3 Å². The maximum atomic E-state index is 11.2. The summed E-state index contributed by atoms with van der Waals surface area (Å²) in [6, 6.07) is 7.49. The first-order valence-corrected chi connectivity index (χ1v) is 6.96. The van der Waals surface area contributed by atoms with Crippen molar-refractivity contribution in [1.29, 1.82) is 0 Å². The molecule has 0 amide bonds. The van der Waals surface area contributed by atoms with Crippen LogP contribution < -0.4 is 10.5 Å². The second-order valence-corrected chi connectivity index (χ2v) is 4.70. The first kappa shape index (κ1) is 14.9. The van der Waals surface area contributed by atoms with E-state index in [0.717, 1.165) is 11.3 Å². The number of benzene rings is 1. The lowest BCUT2D eigenvalue weighted by Crippen LogP contribution is -2.16. The summed E-state index contributed by atoms with van der Waals surface area (Å²) in [6.07, 6.45) is 0. The van der Waals surface area contributed by atoms with Gasteiger partial charge in [-0.05, 0) is 13.0 Å². The molecule has 0 saturated carbocycles. The molecule has 1 atom stereocenters. The largest absolute Gasteiger partial charge is 0.496 e. The molecule has 0 saturated heterocycles. The second kappa shape index (κ2) is 8.00. The quantitative estimate of drug-likeness (QED) is 0.767. The van der Waals surface area contributed by atoms with Gasteiger partial charge in [0.1, 0.15) is 5.75 Å². The van der Waals surface area contributed by atoms with Gasteiger partial charge in [0.2, 0.25) is 0 Å². The Morgan fingerprint density at radius 1 is 1.44 bits per heavy atom. The van der Waals surface area contributed by atoms with E-state index < -0.39 is 0 Å². The molecule has 0 aliphatic rings. The highest BCUT2D eigenvalue weighted by molar-refractivity contribution is 7.99. The molecular weight excluding hydrogens is 250 g/mol. The Bertz CT molecular complexity index is 384. The van der Waals surface area contributed by atoms with Crippen LogP contribution >= 0.6 is 11.8 Å². The van der Waals surface area contributed by atoms with E-state index in [9.17, 15) is 4.79 Å². The molecule has 18 heavy (non-hydrogen) atoms. The molecule has 0 heterocycles. The number of carbonyl (C=O) groups excluding carboxylic acids is 1. The number of nitrogens with two attached hydrogens (primary N) is 1. The minimum Gasteiger partial charge on any atom is -0.496 e. The molecule has 100 valence electrons. The Balaban J connectivity index is 2.45. The van der Waals surface area contributed by atoms with Gasteiger partial charge in [-0.1, -0.05) is 18.2 Å². The number of ether oxygens (including phenoxy) is 2. The number of carbonyl (C=O) groups is 1. The van der Waals surface area contributed by atoms with E-state index in [0.29, 0.717) is 18.1 Å². The van der Waals surface area contributed by atoms with Crippen LogP contribution in [0.2, 0.25) is 0 Å². The predicted octanol–water partition coefficient (Wildman–Crippen LogP) is 1.99. The normalized spacial score (nSPS) is 11.9. The highest BCUT2D eigenvalue weighted by atomic mass is 32.2. The molecule has 2 N–H and O–H groups in total. The summed E-state index contributed by atoms with van der Waals surface area (Å²) in [7, 11) is 1.62.